The van der Waals surface area contributed by atoms with Gasteiger partial charge in [-0.3, -0.25) is 9.79 Å². The monoisotopic (exact) mass is 413 g/mol. The van der Waals surface area contributed by atoms with Crippen LogP contribution < -0.4 is 10.1 Å². The molecular weight excluding hydrogens is 390 g/mol. The van der Waals surface area contributed by atoms with E-state index in [4.69, 9.17) is 10.00 Å². The summed E-state index contributed by atoms with van der Waals surface area (Å²) in [6.45, 7) is 1.25. The number of piperidine rings is 1. The molecule has 1 spiro atoms. The van der Waals surface area contributed by atoms with E-state index in [9.17, 15) is 4.79 Å². The Balaban J connectivity index is 1.39. The number of aromatic nitrogens is 1. The number of carbonyl (C=O) groups excluding carboxylic acids is 1. The quantitative estimate of drug-likeness (QED) is 0.816. The molecule has 1 aromatic heterocycles. The Labute approximate surface area is 180 Å². The third-order valence-corrected chi connectivity index (χ3v) is 6.33. The van der Waals surface area contributed by atoms with Crippen LogP contribution in [0.15, 0.2) is 64.9 Å². The van der Waals surface area contributed by atoms with E-state index in [1.54, 1.807) is 25.5 Å². The number of hydrogen-bond acceptors (Lipinski definition) is 5. The molecule has 1 amide bonds. The Bertz CT molecular complexity index is 1170. The molecule has 3 aliphatic heterocycles. The van der Waals surface area contributed by atoms with Crippen molar-refractivity contribution in [1.29, 1.82) is 5.26 Å². The molecule has 7 nitrogen and oxygen atoms in total. The summed E-state index contributed by atoms with van der Waals surface area (Å²) >= 11 is 0. The minimum atomic E-state index is -0.241. The molecular formula is C24H23N5O2. The molecule has 7 heteroatoms. The minimum absolute atomic E-state index is 0.0881. The Kier molecular flexibility index (Phi) is 4.63. The van der Waals surface area contributed by atoms with Gasteiger partial charge in [0.2, 0.25) is 0 Å². The number of fused-ring (bicyclic) bond motifs is 4. The fraction of sp³-hybridized carbons (Fsp3) is 0.292. The second-order valence-electron chi connectivity index (χ2n) is 8.02. The van der Waals surface area contributed by atoms with Crippen LogP contribution in [0.5, 0.6) is 5.75 Å². The van der Waals surface area contributed by atoms with E-state index < -0.39 is 0 Å². The van der Waals surface area contributed by atoms with Gasteiger partial charge in [0, 0.05) is 49.3 Å². The molecule has 156 valence electrons. The van der Waals surface area contributed by atoms with Crippen LogP contribution in [0.2, 0.25) is 0 Å². The van der Waals surface area contributed by atoms with E-state index in [0.29, 0.717) is 30.8 Å². The fourth-order valence-corrected chi connectivity index (χ4v) is 4.63. The van der Waals surface area contributed by atoms with Crippen molar-refractivity contribution in [3.05, 3.63) is 65.6 Å². The van der Waals surface area contributed by atoms with Crippen molar-refractivity contribution >= 4 is 17.8 Å². The second-order valence-corrected chi connectivity index (χ2v) is 8.02. The molecule has 0 radical (unpaired) electrons. The highest BCUT2D eigenvalue weighted by atomic mass is 16.5. The molecule has 1 N–H and O–H groups in total. The third kappa shape index (κ3) is 3.21. The number of benzene rings is 1. The van der Waals surface area contributed by atoms with Crippen molar-refractivity contribution in [3.63, 3.8) is 0 Å². The van der Waals surface area contributed by atoms with Crippen molar-refractivity contribution < 1.29 is 9.53 Å². The summed E-state index contributed by atoms with van der Waals surface area (Å²) in [6.07, 6.45) is 9.09. The lowest BCUT2D eigenvalue weighted by Gasteiger charge is -2.46. The third-order valence-electron chi connectivity index (χ3n) is 6.33. The molecule has 2 aromatic rings. The lowest BCUT2D eigenvalue weighted by Crippen LogP contribution is -2.51. The van der Waals surface area contributed by atoms with Gasteiger partial charge in [0.1, 0.15) is 11.4 Å². The number of likely N-dealkylation sites (tertiary alicyclic amines) is 1. The van der Waals surface area contributed by atoms with E-state index in [1.807, 2.05) is 17.0 Å². The zero-order valence-electron chi connectivity index (χ0n) is 17.3. The van der Waals surface area contributed by atoms with Gasteiger partial charge in [-0.05, 0) is 49.3 Å². The van der Waals surface area contributed by atoms with Crippen molar-refractivity contribution in [1.82, 2.24) is 9.47 Å². The van der Waals surface area contributed by atoms with Gasteiger partial charge in [-0.1, -0.05) is 0 Å². The number of hydrogen-bond donors (Lipinski definition) is 1. The first kappa shape index (κ1) is 19.2. The highest BCUT2D eigenvalue weighted by Gasteiger charge is 2.42. The van der Waals surface area contributed by atoms with Crippen molar-refractivity contribution in [2.75, 3.05) is 25.5 Å². The average Bonchev–Trinajstić information content (AvgIpc) is 3.19. The molecule has 1 saturated heterocycles. The van der Waals surface area contributed by atoms with E-state index in [0.717, 1.165) is 30.0 Å². The summed E-state index contributed by atoms with van der Waals surface area (Å²) in [7, 11) is 1.67. The number of allylic oxidation sites excluding steroid dienone is 3. The average molecular weight is 413 g/mol. The lowest BCUT2D eigenvalue weighted by atomic mass is 9.82. The largest absolute Gasteiger partial charge is 0.497 e. The molecule has 0 saturated carbocycles. The first-order chi connectivity index (χ1) is 15.1. The maximum atomic E-state index is 13.0. The van der Waals surface area contributed by atoms with Crippen LogP contribution in [0, 0.1) is 11.3 Å². The number of nitriles is 1. The molecule has 31 heavy (non-hydrogen) atoms. The van der Waals surface area contributed by atoms with E-state index in [2.05, 4.69) is 45.3 Å². The number of nitrogens with zero attached hydrogens (tertiary/aromatic N) is 4. The molecule has 4 heterocycles. The Morgan fingerprint density at radius 2 is 2.10 bits per heavy atom. The van der Waals surface area contributed by atoms with E-state index in [-0.39, 0.29) is 11.4 Å². The predicted octanol–water partition coefficient (Wildman–Crippen LogP) is 3.54. The lowest BCUT2D eigenvalue weighted by molar-refractivity contribution is -0.128. The van der Waals surface area contributed by atoms with Crippen LogP contribution >= 0.6 is 0 Å². The maximum absolute atomic E-state index is 13.0. The van der Waals surface area contributed by atoms with Crippen molar-refractivity contribution in [3.8, 4) is 17.5 Å². The van der Waals surface area contributed by atoms with Gasteiger partial charge in [-0.2, -0.15) is 5.26 Å². The van der Waals surface area contributed by atoms with Crippen LogP contribution in [0.3, 0.4) is 0 Å². The van der Waals surface area contributed by atoms with Crippen molar-refractivity contribution in [2.45, 2.75) is 24.8 Å². The van der Waals surface area contributed by atoms with Gasteiger partial charge >= 0.3 is 0 Å². The molecule has 1 aromatic carbocycles. The minimum Gasteiger partial charge on any atom is -0.497 e. The highest BCUT2D eigenvalue weighted by molar-refractivity contribution is 5.95. The molecule has 1 fully saturated rings. The SMILES string of the molecule is COc1ccc2c(c1)NC1(CCN(C(=O)C3=CC=C(C#N)CC=N3)CC1)c1cccn1-2. The topological polar surface area (TPSA) is 82.7 Å². The molecule has 0 atom stereocenters. The molecule has 5 rings (SSSR count). The Morgan fingerprint density at radius 1 is 1.26 bits per heavy atom. The fourth-order valence-electron chi connectivity index (χ4n) is 4.63. The van der Waals surface area contributed by atoms with Crippen LogP contribution in [-0.4, -0.2) is 41.8 Å². The van der Waals surface area contributed by atoms with Crippen LogP contribution in [0.1, 0.15) is 25.0 Å². The summed E-state index contributed by atoms with van der Waals surface area (Å²) in [5.74, 6) is 0.724. The number of anilines is 1. The number of ether oxygens (including phenoxy) is 1. The smallest absolute Gasteiger partial charge is 0.272 e. The van der Waals surface area contributed by atoms with Crippen molar-refractivity contribution in [2.24, 2.45) is 4.99 Å². The Hall–Kier alpha value is -3.79. The second kappa shape index (κ2) is 7.47. The van der Waals surface area contributed by atoms with Gasteiger partial charge in [0.15, 0.2) is 0 Å². The molecule has 3 aliphatic rings. The van der Waals surface area contributed by atoms with Crippen LogP contribution in [0.4, 0.5) is 5.69 Å². The van der Waals surface area contributed by atoms with E-state index >= 15 is 0 Å². The summed E-state index contributed by atoms with van der Waals surface area (Å²) in [5.41, 5.74) is 4.09. The summed E-state index contributed by atoms with van der Waals surface area (Å²) < 4.78 is 7.65. The zero-order chi connectivity index (χ0) is 21.4. The molecule has 0 aliphatic carbocycles. The van der Waals surface area contributed by atoms with E-state index in [1.165, 1.54) is 5.69 Å². The van der Waals surface area contributed by atoms with Gasteiger partial charge in [0.05, 0.1) is 30.1 Å². The standard InChI is InChI=1S/C24H23N5O2/c1-31-18-5-7-21-20(15-18)27-24(22-3-2-12-29(21)22)9-13-28(14-10-24)23(30)19-6-4-17(16-25)8-11-26-19/h2-7,11-12,15,27H,8-10,13-14H2,1H3. The zero-order valence-corrected chi connectivity index (χ0v) is 17.3. The first-order valence-corrected chi connectivity index (χ1v) is 10.4. The first-order valence-electron chi connectivity index (χ1n) is 10.4. The number of methoxy groups -OCH3 is 1. The summed E-state index contributed by atoms with van der Waals surface area (Å²) in [6, 6.07) is 12.4. The van der Waals surface area contributed by atoms with Gasteiger partial charge in [-0.15, -0.1) is 0 Å². The summed E-state index contributed by atoms with van der Waals surface area (Å²) in [4.78, 5) is 19.2. The molecule has 0 bridgehead atoms. The van der Waals surface area contributed by atoms with Crippen LogP contribution in [0.25, 0.3) is 5.69 Å². The predicted molar refractivity (Wildman–Crippen MR) is 118 cm³/mol. The highest BCUT2D eigenvalue weighted by Crippen LogP contribution is 2.44. The number of carbonyl (C=O) groups is 1. The van der Waals surface area contributed by atoms with Gasteiger partial charge in [0.25, 0.3) is 5.91 Å². The normalized spacial score (nSPS) is 18.6. The number of rotatable bonds is 2. The van der Waals surface area contributed by atoms with Crippen LogP contribution in [-0.2, 0) is 10.3 Å². The number of nitrogens with one attached hydrogen (secondary N) is 1. The van der Waals surface area contributed by atoms with Gasteiger partial charge < -0.3 is 19.5 Å². The molecule has 0 unspecified atom stereocenters. The number of amides is 1. The number of aliphatic imine (C=N–C) groups is 1. The van der Waals surface area contributed by atoms with Gasteiger partial charge in [-0.25, -0.2) is 0 Å². The Morgan fingerprint density at radius 3 is 2.87 bits per heavy atom. The summed E-state index contributed by atoms with van der Waals surface area (Å²) in [5, 5.41) is 12.8. The maximum Gasteiger partial charge on any atom is 0.272 e.